The Kier molecular flexibility index (Phi) is 7.62. The van der Waals surface area contributed by atoms with E-state index in [1.165, 1.54) is 12.1 Å². The highest BCUT2D eigenvalue weighted by molar-refractivity contribution is 5.36. The van der Waals surface area contributed by atoms with E-state index >= 15 is 0 Å². The quantitative estimate of drug-likeness (QED) is 0.256. The van der Waals surface area contributed by atoms with E-state index in [-0.39, 0.29) is 35.5 Å². The van der Waals surface area contributed by atoms with Gasteiger partial charge in [-0.15, -0.1) is 0 Å². The Morgan fingerprint density at radius 3 is 2.43 bits per heavy atom. The van der Waals surface area contributed by atoms with E-state index in [1.54, 1.807) is 31.2 Å². The molecule has 1 aromatic rings. The minimum atomic E-state index is -1.77. The lowest BCUT2D eigenvalue weighted by atomic mass is 9.75. The first-order chi connectivity index (χ1) is 14.5. The monoisotopic (exact) mass is 424 g/mol. The summed E-state index contributed by atoms with van der Waals surface area (Å²) in [5.41, 5.74) is 0.255. The lowest BCUT2D eigenvalue weighted by molar-refractivity contribution is 0.171. The number of hydrogen-bond acceptors (Lipinski definition) is 2. The fourth-order valence-corrected chi connectivity index (χ4v) is 4.01. The van der Waals surface area contributed by atoms with Crippen LogP contribution >= 0.6 is 0 Å². The van der Waals surface area contributed by atoms with Crippen LogP contribution in [0.5, 0.6) is 5.75 Å². The van der Waals surface area contributed by atoms with Crippen LogP contribution in [-0.2, 0) is 4.74 Å². The predicted octanol–water partition coefficient (Wildman–Crippen LogP) is 6.94. The first-order valence-corrected chi connectivity index (χ1v) is 10.6. The van der Waals surface area contributed by atoms with E-state index in [1.807, 2.05) is 6.92 Å². The maximum Gasteiger partial charge on any atom is 0.200 e. The summed E-state index contributed by atoms with van der Waals surface area (Å²) in [4.78, 5) is 0. The summed E-state index contributed by atoms with van der Waals surface area (Å²) in [6.07, 6.45) is 7.64. The highest BCUT2D eigenvalue weighted by atomic mass is 19.2. The lowest BCUT2D eigenvalue weighted by Crippen LogP contribution is -2.28. The molecule has 0 radical (unpaired) electrons. The molecule has 0 fully saturated rings. The number of unbranched alkanes of at least 4 members (excludes halogenated alkanes) is 1. The Balaban J connectivity index is 1.69. The summed E-state index contributed by atoms with van der Waals surface area (Å²) in [6, 6.07) is 3.00. The molecule has 2 nitrogen and oxygen atoms in total. The van der Waals surface area contributed by atoms with E-state index in [4.69, 9.17) is 9.47 Å². The van der Waals surface area contributed by atoms with Crippen molar-refractivity contribution in [2.45, 2.75) is 51.6 Å². The molecule has 2 aliphatic carbocycles. The van der Waals surface area contributed by atoms with Crippen molar-refractivity contribution < 1.29 is 27.0 Å². The van der Waals surface area contributed by atoms with Gasteiger partial charge in [-0.05, 0) is 49.8 Å². The van der Waals surface area contributed by atoms with Gasteiger partial charge in [0.25, 0.3) is 0 Å². The SMILES string of the molecule is CCCCOc1ccc(C2C=CC(C3C=CC(OCC)=C(F)C3F)CC2)c(F)c1F. The standard InChI is InChI=1S/C24H28F4O2/c1-3-5-14-30-20-13-11-18(22(26)24(20)28)16-8-6-15(7-9-16)17-10-12-19(29-4-2)23(27)21(17)25/h6,8,10-13,15-17,21H,3-5,7,9,14H2,1-2H3. The molecule has 0 amide bonds. The van der Waals surface area contributed by atoms with Crippen LogP contribution in [0, 0.1) is 23.5 Å². The van der Waals surface area contributed by atoms with Crippen LogP contribution in [0.15, 0.2) is 48.0 Å². The summed E-state index contributed by atoms with van der Waals surface area (Å²) < 4.78 is 68.2. The molecule has 0 spiro atoms. The highest BCUT2D eigenvalue weighted by Crippen LogP contribution is 2.41. The summed E-state index contributed by atoms with van der Waals surface area (Å²) in [7, 11) is 0. The van der Waals surface area contributed by atoms with E-state index in [9.17, 15) is 17.6 Å². The molecule has 164 valence electrons. The smallest absolute Gasteiger partial charge is 0.200 e. The zero-order valence-electron chi connectivity index (χ0n) is 17.3. The number of halogens is 4. The molecule has 0 heterocycles. The maximum atomic E-state index is 14.6. The van der Waals surface area contributed by atoms with Gasteiger partial charge in [0, 0.05) is 11.8 Å². The molecule has 2 aliphatic rings. The normalized spacial score (nSPS) is 26.2. The van der Waals surface area contributed by atoms with Crippen LogP contribution in [0.3, 0.4) is 0 Å². The van der Waals surface area contributed by atoms with E-state index < -0.39 is 29.6 Å². The number of rotatable bonds is 8. The van der Waals surface area contributed by atoms with Crippen molar-refractivity contribution in [2.24, 2.45) is 11.8 Å². The molecule has 6 heteroatoms. The van der Waals surface area contributed by atoms with Gasteiger partial charge in [0.1, 0.15) is 0 Å². The second-order valence-electron chi connectivity index (χ2n) is 7.70. The minimum Gasteiger partial charge on any atom is -0.491 e. The summed E-state index contributed by atoms with van der Waals surface area (Å²) in [6.45, 7) is 4.30. The Labute approximate surface area is 175 Å². The van der Waals surface area contributed by atoms with Gasteiger partial charge in [0.2, 0.25) is 5.82 Å². The van der Waals surface area contributed by atoms with Gasteiger partial charge in [0.15, 0.2) is 29.3 Å². The summed E-state index contributed by atoms with van der Waals surface area (Å²) in [5, 5.41) is 0. The molecule has 0 bridgehead atoms. The fraction of sp³-hybridized carbons (Fsp3) is 0.500. The average molecular weight is 424 g/mol. The predicted molar refractivity (Wildman–Crippen MR) is 109 cm³/mol. The van der Waals surface area contributed by atoms with Crippen molar-refractivity contribution in [2.75, 3.05) is 13.2 Å². The Bertz CT molecular complexity index is 831. The van der Waals surface area contributed by atoms with Crippen LogP contribution in [-0.4, -0.2) is 19.4 Å². The molecule has 4 atom stereocenters. The van der Waals surface area contributed by atoms with Crippen LogP contribution in [0.1, 0.15) is 51.0 Å². The summed E-state index contributed by atoms with van der Waals surface area (Å²) in [5.74, 6) is -4.08. The molecule has 3 rings (SSSR count). The van der Waals surface area contributed by atoms with Gasteiger partial charge < -0.3 is 9.47 Å². The number of allylic oxidation sites excluding steroid dienone is 5. The van der Waals surface area contributed by atoms with Crippen molar-refractivity contribution in [3.63, 3.8) is 0 Å². The third kappa shape index (κ3) is 4.73. The van der Waals surface area contributed by atoms with E-state index in [0.29, 0.717) is 19.4 Å². The van der Waals surface area contributed by atoms with Crippen molar-refractivity contribution in [3.05, 3.63) is 65.2 Å². The third-order valence-electron chi connectivity index (χ3n) is 5.71. The van der Waals surface area contributed by atoms with Gasteiger partial charge >= 0.3 is 0 Å². The van der Waals surface area contributed by atoms with Crippen LogP contribution in [0.2, 0.25) is 0 Å². The number of ether oxygens (including phenoxy) is 2. The second-order valence-corrected chi connectivity index (χ2v) is 7.70. The van der Waals surface area contributed by atoms with Crippen molar-refractivity contribution in [3.8, 4) is 5.75 Å². The zero-order valence-corrected chi connectivity index (χ0v) is 17.3. The first kappa shape index (κ1) is 22.4. The lowest BCUT2D eigenvalue weighted by Gasteiger charge is -2.31. The number of hydrogen-bond donors (Lipinski definition) is 0. The van der Waals surface area contributed by atoms with Crippen molar-refractivity contribution in [1.29, 1.82) is 0 Å². The first-order valence-electron chi connectivity index (χ1n) is 10.6. The molecular formula is C24H28F4O2. The fourth-order valence-electron chi connectivity index (χ4n) is 4.01. The molecular weight excluding hydrogens is 396 g/mol. The van der Waals surface area contributed by atoms with Gasteiger partial charge in [0.05, 0.1) is 13.2 Å². The molecule has 0 N–H and O–H groups in total. The van der Waals surface area contributed by atoms with Crippen LogP contribution < -0.4 is 4.74 Å². The average Bonchev–Trinajstić information content (AvgIpc) is 2.75. The topological polar surface area (TPSA) is 18.5 Å². The molecule has 0 aliphatic heterocycles. The van der Waals surface area contributed by atoms with Crippen molar-refractivity contribution >= 4 is 0 Å². The maximum absolute atomic E-state index is 14.6. The largest absolute Gasteiger partial charge is 0.491 e. The number of benzene rings is 1. The number of alkyl halides is 1. The second kappa shape index (κ2) is 10.2. The van der Waals surface area contributed by atoms with Crippen molar-refractivity contribution in [1.82, 2.24) is 0 Å². The Hall–Kier alpha value is -2.24. The third-order valence-corrected chi connectivity index (χ3v) is 5.71. The van der Waals surface area contributed by atoms with Crippen LogP contribution in [0.25, 0.3) is 0 Å². The van der Waals surface area contributed by atoms with Crippen LogP contribution in [0.4, 0.5) is 17.6 Å². The van der Waals surface area contributed by atoms with Gasteiger partial charge in [-0.25, -0.2) is 13.2 Å². The van der Waals surface area contributed by atoms with Gasteiger partial charge in [-0.1, -0.05) is 37.6 Å². The van der Waals surface area contributed by atoms with Gasteiger partial charge in [-0.2, -0.15) is 4.39 Å². The van der Waals surface area contributed by atoms with Gasteiger partial charge in [-0.3, -0.25) is 0 Å². The van der Waals surface area contributed by atoms with E-state index in [0.717, 1.165) is 12.8 Å². The molecule has 4 unspecified atom stereocenters. The molecule has 0 aromatic heterocycles. The Morgan fingerprint density at radius 1 is 0.967 bits per heavy atom. The molecule has 1 aromatic carbocycles. The minimum absolute atomic E-state index is 0.0577. The molecule has 0 saturated heterocycles. The Morgan fingerprint density at radius 2 is 1.77 bits per heavy atom. The molecule has 0 saturated carbocycles. The summed E-state index contributed by atoms with van der Waals surface area (Å²) >= 11 is 0. The van der Waals surface area contributed by atoms with E-state index in [2.05, 4.69) is 0 Å². The molecule has 30 heavy (non-hydrogen) atoms. The zero-order chi connectivity index (χ0) is 21.7. The highest BCUT2D eigenvalue weighted by Gasteiger charge is 2.36.